The molecule has 0 bridgehead atoms. The largest absolute Gasteiger partial charge is 0.508 e. The first-order chi connectivity index (χ1) is 11.8. The Kier molecular flexibility index (Phi) is 6.54. The number of rotatable bonds is 8. The standard InChI is InChI=1S/C21H33O3P/c1-5-8-9-10-14-11-17(22)19-15(18(14)20(23)24)12-16(13(4)6-2)21(19,25)7-3/h11,13,16,22H,5-10,12,25H2,1-4H3,(H,23,24)/t13-,16?,21-/m1/s1. The molecule has 1 aromatic carbocycles. The third kappa shape index (κ3) is 3.58. The molecule has 1 aromatic rings. The summed E-state index contributed by atoms with van der Waals surface area (Å²) in [4.78, 5) is 12.1. The third-order valence-corrected chi connectivity index (χ3v) is 7.35. The molecule has 0 heterocycles. The number of carboxylic acid groups (broad SMARTS) is 1. The van der Waals surface area contributed by atoms with Gasteiger partial charge in [-0.2, -0.15) is 0 Å². The Morgan fingerprint density at radius 1 is 1.36 bits per heavy atom. The normalized spacial score (nSPS) is 23.5. The Morgan fingerprint density at radius 2 is 2.04 bits per heavy atom. The molecule has 0 saturated carbocycles. The van der Waals surface area contributed by atoms with E-state index in [1.54, 1.807) is 6.07 Å². The van der Waals surface area contributed by atoms with Gasteiger partial charge in [-0.25, -0.2) is 4.79 Å². The van der Waals surface area contributed by atoms with Crippen molar-refractivity contribution in [3.05, 3.63) is 28.3 Å². The summed E-state index contributed by atoms with van der Waals surface area (Å²) < 4.78 is 0. The molecule has 0 aliphatic heterocycles. The topological polar surface area (TPSA) is 57.5 Å². The van der Waals surface area contributed by atoms with E-state index in [9.17, 15) is 15.0 Å². The zero-order valence-electron chi connectivity index (χ0n) is 16.1. The van der Waals surface area contributed by atoms with Crippen LogP contribution >= 0.6 is 9.24 Å². The van der Waals surface area contributed by atoms with Gasteiger partial charge in [-0.3, -0.25) is 0 Å². The lowest BCUT2D eigenvalue weighted by atomic mass is 9.79. The van der Waals surface area contributed by atoms with Gasteiger partial charge in [0.1, 0.15) is 5.75 Å². The summed E-state index contributed by atoms with van der Waals surface area (Å²) >= 11 is 0. The van der Waals surface area contributed by atoms with E-state index >= 15 is 0 Å². The van der Waals surface area contributed by atoms with Crippen LogP contribution in [0.15, 0.2) is 6.07 Å². The van der Waals surface area contributed by atoms with Gasteiger partial charge in [0.05, 0.1) is 5.56 Å². The molecular formula is C21H33O3P. The third-order valence-electron chi connectivity index (χ3n) is 6.22. The lowest BCUT2D eigenvalue weighted by Crippen LogP contribution is -2.28. The quantitative estimate of drug-likeness (QED) is 0.471. The predicted molar refractivity (Wildman–Crippen MR) is 107 cm³/mol. The van der Waals surface area contributed by atoms with Gasteiger partial charge < -0.3 is 10.2 Å². The Labute approximate surface area is 154 Å². The molecule has 2 N–H and O–H groups in total. The van der Waals surface area contributed by atoms with E-state index in [0.717, 1.165) is 61.6 Å². The van der Waals surface area contributed by atoms with E-state index in [4.69, 9.17) is 0 Å². The van der Waals surface area contributed by atoms with Crippen molar-refractivity contribution in [1.29, 1.82) is 0 Å². The number of fused-ring (bicyclic) bond motifs is 1. The number of benzene rings is 1. The maximum Gasteiger partial charge on any atom is 0.336 e. The smallest absolute Gasteiger partial charge is 0.336 e. The van der Waals surface area contributed by atoms with Crippen molar-refractivity contribution in [1.82, 2.24) is 0 Å². The van der Waals surface area contributed by atoms with Crippen LogP contribution in [0.5, 0.6) is 5.75 Å². The number of carbonyl (C=O) groups is 1. The number of unbranched alkanes of at least 4 members (excludes halogenated alkanes) is 2. The molecule has 4 atom stereocenters. The molecule has 2 rings (SSSR count). The summed E-state index contributed by atoms with van der Waals surface area (Å²) in [5.41, 5.74) is 2.99. The fourth-order valence-electron chi connectivity index (χ4n) is 4.56. The van der Waals surface area contributed by atoms with Gasteiger partial charge in [0, 0.05) is 10.7 Å². The molecule has 0 saturated heterocycles. The lowest BCUT2D eigenvalue weighted by Gasteiger charge is -2.35. The van der Waals surface area contributed by atoms with Gasteiger partial charge in [-0.1, -0.05) is 47.0 Å². The summed E-state index contributed by atoms with van der Waals surface area (Å²) in [5.74, 6) is 0.261. The number of hydrogen-bond donors (Lipinski definition) is 2. The van der Waals surface area contributed by atoms with Gasteiger partial charge in [-0.05, 0) is 54.7 Å². The first-order valence-electron chi connectivity index (χ1n) is 9.72. The molecule has 0 aromatic heterocycles. The summed E-state index contributed by atoms with van der Waals surface area (Å²) in [6.07, 6.45) is 6.54. The van der Waals surface area contributed by atoms with E-state index in [2.05, 4.69) is 36.9 Å². The van der Waals surface area contributed by atoms with Crippen LogP contribution < -0.4 is 0 Å². The van der Waals surface area contributed by atoms with Crippen LogP contribution in [0.1, 0.15) is 86.8 Å². The van der Waals surface area contributed by atoms with E-state index in [1.165, 1.54) is 0 Å². The van der Waals surface area contributed by atoms with Crippen molar-refractivity contribution in [2.24, 2.45) is 11.8 Å². The van der Waals surface area contributed by atoms with Crippen molar-refractivity contribution in [3.8, 4) is 5.75 Å². The number of aromatic carboxylic acids is 1. The van der Waals surface area contributed by atoms with Crippen LogP contribution in [0.25, 0.3) is 0 Å². The number of aryl methyl sites for hydroxylation is 1. The van der Waals surface area contributed by atoms with E-state index < -0.39 is 5.97 Å². The first kappa shape index (κ1) is 20.2. The Balaban J connectivity index is 2.60. The molecule has 0 radical (unpaired) electrons. The maximum atomic E-state index is 12.1. The van der Waals surface area contributed by atoms with Crippen LogP contribution in [0.4, 0.5) is 0 Å². The number of aromatic hydroxyl groups is 1. The van der Waals surface area contributed by atoms with E-state index in [-0.39, 0.29) is 10.9 Å². The minimum atomic E-state index is -0.851. The van der Waals surface area contributed by atoms with E-state index in [1.807, 2.05) is 0 Å². The van der Waals surface area contributed by atoms with Gasteiger partial charge in [0.15, 0.2) is 0 Å². The monoisotopic (exact) mass is 364 g/mol. The minimum absolute atomic E-state index is 0.235. The van der Waals surface area contributed by atoms with Crippen LogP contribution in [-0.4, -0.2) is 16.2 Å². The summed E-state index contributed by atoms with van der Waals surface area (Å²) in [6.45, 7) is 8.69. The average Bonchev–Trinajstić information content (AvgIpc) is 2.88. The van der Waals surface area contributed by atoms with Crippen LogP contribution in [0.2, 0.25) is 0 Å². The van der Waals surface area contributed by atoms with Gasteiger partial charge in [0.2, 0.25) is 0 Å². The Hall–Kier alpha value is -1.08. The molecule has 1 aliphatic rings. The maximum absolute atomic E-state index is 12.1. The highest BCUT2D eigenvalue weighted by Crippen LogP contribution is 2.57. The molecule has 2 unspecified atom stereocenters. The van der Waals surface area contributed by atoms with E-state index in [0.29, 0.717) is 17.4 Å². The molecule has 0 fully saturated rings. The van der Waals surface area contributed by atoms with Crippen molar-refractivity contribution in [2.75, 3.05) is 0 Å². The van der Waals surface area contributed by atoms with Crippen LogP contribution in [0, 0.1) is 11.8 Å². The fraction of sp³-hybridized carbons (Fsp3) is 0.667. The fourth-order valence-corrected chi connectivity index (χ4v) is 5.32. The predicted octanol–water partition coefficient (Wildman–Crippen LogP) is 5.52. The summed E-state index contributed by atoms with van der Waals surface area (Å²) in [6, 6.07) is 1.73. The Morgan fingerprint density at radius 3 is 2.56 bits per heavy atom. The highest BCUT2D eigenvalue weighted by Gasteiger charge is 2.47. The van der Waals surface area contributed by atoms with Crippen molar-refractivity contribution in [2.45, 2.75) is 77.8 Å². The van der Waals surface area contributed by atoms with Gasteiger partial charge in [0.25, 0.3) is 0 Å². The molecule has 0 spiro atoms. The van der Waals surface area contributed by atoms with Gasteiger partial charge in [-0.15, -0.1) is 9.24 Å². The number of carboxylic acids is 1. The molecule has 4 heteroatoms. The second-order valence-corrected chi connectivity index (χ2v) is 8.67. The number of phenols is 1. The zero-order chi connectivity index (χ0) is 18.8. The van der Waals surface area contributed by atoms with Gasteiger partial charge >= 0.3 is 5.97 Å². The molecular weight excluding hydrogens is 331 g/mol. The van der Waals surface area contributed by atoms with Crippen molar-refractivity contribution in [3.63, 3.8) is 0 Å². The highest BCUT2D eigenvalue weighted by molar-refractivity contribution is 7.18. The lowest BCUT2D eigenvalue weighted by molar-refractivity contribution is 0.0694. The van der Waals surface area contributed by atoms with Crippen LogP contribution in [-0.2, 0) is 18.0 Å². The van der Waals surface area contributed by atoms with Crippen molar-refractivity contribution >= 4 is 15.2 Å². The second-order valence-electron chi connectivity index (χ2n) is 7.64. The Bertz CT molecular complexity index is 641. The highest BCUT2D eigenvalue weighted by atomic mass is 31.0. The summed E-state index contributed by atoms with van der Waals surface area (Å²) in [5, 5.41) is 20.5. The number of hydrogen-bond acceptors (Lipinski definition) is 2. The molecule has 140 valence electrons. The van der Waals surface area contributed by atoms with Crippen molar-refractivity contribution < 1.29 is 15.0 Å². The first-order valence-corrected chi connectivity index (χ1v) is 10.3. The SMILES string of the molecule is CCCCCc1cc(O)c2c(c1C(=O)O)CC([C@H](C)CC)[C@]2(P)CC. The molecule has 0 amide bonds. The minimum Gasteiger partial charge on any atom is -0.508 e. The average molecular weight is 364 g/mol. The molecule has 25 heavy (non-hydrogen) atoms. The second kappa shape index (κ2) is 8.08. The van der Waals surface area contributed by atoms with Crippen LogP contribution in [0.3, 0.4) is 0 Å². The zero-order valence-corrected chi connectivity index (χ0v) is 17.2. The molecule has 1 aliphatic carbocycles. The summed E-state index contributed by atoms with van der Waals surface area (Å²) in [7, 11) is 2.97. The molecule has 3 nitrogen and oxygen atoms in total. The number of phenolic OH excluding ortho intramolecular Hbond substituents is 1.